The summed E-state index contributed by atoms with van der Waals surface area (Å²) in [6.07, 6.45) is 0. The molecule has 0 aliphatic heterocycles. The Hall–Kier alpha value is 3.66. The second-order valence-corrected chi connectivity index (χ2v) is 2.47. The molecule has 0 unspecified atom stereocenters. The molecule has 0 atom stereocenters. The van der Waals surface area contributed by atoms with E-state index in [1.165, 1.54) is 0 Å². The van der Waals surface area contributed by atoms with Gasteiger partial charge in [-0.25, -0.2) is 0 Å². The zero-order chi connectivity index (χ0) is 4.50. The summed E-state index contributed by atoms with van der Waals surface area (Å²) in [6.45, 7) is 0. The predicted octanol–water partition coefficient (Wildman–Crippen LogP) is -4.33. The summed E-state index contributed by atoms with van der Waals surface area (Å²) in [4.78, 5) is 0. The van der Waals surface area contributed by atoms with Gasteiger partial charge in [0.25, 0.3) is 0 Å². The predicted molar refractivity (Wildman–Crippen MR) is 27.4 cm³/mol. The summed E-state index contributed by atoms with van der Waals surface area (Å²) in [5, 5.41) is 0. The van der Waals surface area contributed by atoms with E-state index in [1.807, 2.05) is 0 Å². The first-order valence-electron chi connectivity index (χ1n) is 0.894. The molecule has 0 bridgehead atoms. The van der Waals surface area contributed by atoms with E-state index in [0.29, 0.717) is 0 Å². The van der Waals surface area contributed by atoms with E-state index in [1.54, 1.807) is 0 Å². The summed E-state index contributed by atoms with van der Waals surface area (Å²) in [5.41, 5.74) is 0. The van der Waals surface area contributed by atoms with Gasteiger partial charge >= 0.3 is 105 Å². The maximum absolute atomic E-state index is 7.38. The molecule has 1 radical (unpaired) electrons. The molecule has 0 aliphatic carbocycles. The van der Waals surface area contributed by atoms with Crippen molar-refractivity contribution < 1.29 is 55.3 Å². The molecule has 49 valence electrons. The number of rotatable bonds is 0. The van der Waals surface area contributed by atoms with Crippen LogP contribution in [0.15, 0.2) is 0 Å². The molecule has 0 saturated heterocycles. The number of hydrogen-bond donors (Lipinski definition) is 4. The third kappa shape index (κ3) is 54.1. The van der Waals surface area contributed by atoms with Gasteiger partial charge in [-0.05, 0) is 0 Å². The van der Waals surface area contributed by atoms with Crippen LogP contribution in [-0.4, -0.2) is 86.4 Å². The Kier molecular flexibility index (Phi) is 30.1. The van der Waals surface area contributed by atoms with Gasteiger partial charge in [0.05, 0.1) is 0 Å². The Morgan fingerprint density at radius 1 is 0.875 bits per heavy atom. The summed E-state index contributed by atoms with van der Waals surface area (Å²) in [6, 6.07) is 0. The van der Waals surface area contributed by atoms with Crippen molar-refractivity contribution in [2.24, 2.45) is 0 Å². The third-order valence-corrected chi connectivity index (χ3v) is 0. The van der Waals surface area contributed by atoms with Crippen molar-refractivity contribution in [3.8, 4) is 0 Å². The zero-order valence-corrected chi connectivity index (χ0v) is 12.7. The molecule has 4 N–H and O–H groups in total. The fourth-order valence-electron chi connectivity index (χ4n) is 0. The second-order valence-electron chi connectivity index (χ2n) is 0.600. The van der Waals surface area contributed by atoms with Crippen LogP contribution in [0.25, 0.3) is 0 Å². The molecule has 4 nitrogen and oxygen atoms in total. The van der Waals surface area contributed by atoms with Gasteiger partial charge < -0.3 is 0 Å². The van der Waals surface area contributed by atoms with E-state index in [2.05, 4.69) is 0 Å². The number of hydrogen-bond acceptors (Lipinski definition) is 4. The maximum atomic E-state index is 7.38. The third-order valence-electron chi connectivity index (χ3n) is 0. The minimum atomic E-state index is -5.00. The van der Waals surface area contributed by atoms with E-state index >= 15 is 0 Å². The van der Waals surface area contributed by atoms with Gasteiger partial charge in [0.2, 0.25) is 0 Å². The van der Waals surface area contributed by atoms with Crippen LogP contribution in [0.2, 0.25) is 0 Å². The van der Waals surface area contributed by atoms with Gasteiger partial charge in [-0.3, -0.25) is 0 Å². The molecule has 0 saturated carbocycles. The Bertz CT molecular complexity index is 31.5. The van der Waals surface area contributed by atoms with Gasteiger partial charge in [0, 0.05) is 22.4 Å². The van der Waals surface area contributed by atoms with Gasteiger partial charge in [-0.15, -0.1) is 0 Å². The molecular weight excluding hydrogens is 501 g/mol. The van der Waals surface area contributed by atoms with Crippen molar-refractivity contribution in [1.82, 2.24) is 0 Å². The van der Waals surface area contributed by atoms with Crippen LogP contribution in [0, 0.1) is 0 Å². The topological polar surface area (TPSA) is 80.9 Å². The summed E-state index contributed by atoms with van der Waals surface area (Å²) >= 11 is -5.00. The SMILES string of the molecule is [BiH3].[Nb].[OH][Ti]([OH])([OH])[OH].[SrH2]. The normalized spacial score (nSPS) is 7.50. The van der Waals surface area contributed by atoms with Gasteiger partial charge in [0.1, 0.15) is 0 Å². The average Bonchev–Trinajstić information content (AvgIpc) is 0.722. The van der Waals surface area contributed by atoms with E-state index in [9.17, 15) is 0 Å². The van der Waals surface area contributed by atoms with Crippen LogP contribution >= 0.6 is 0 Å². The standard InChI is InChI=1S/Bi.Nb.4H2O.Sr.Ti.5H/h;;4*1H2;;;;;;;/q;;;;;;;+4;;;;;/p-4. The Labute approximate surface area is 124 Å². The Balaban J connectivity index is -0.0000000267. The molecule has 0 rings (SSSR count). The molecule has 0 aromatic heterocycles. The van der Waals surface area contributed by atoms with Crippen LogP contribution in [-0.2, 0) is 40.5 Å². The first-order chi connectivity index (χ1) is 2.00. The summed E-state index contributed by atoms with van der Waals surface area (Å²) in [5.74, 6) is 0. The van der Waals surface area contributed by atoms with Crippen molar-refractivity contribution in [1.29, 1.82) is 0 Å². The van der Waals surface area contributed by atoms with E-state index in [0.717, 1.165) is 0 Å². The monoisotopic (exact) mass is 511 g/mol. The molecule has 0 fully saturated rings. The molecule has 8 heteroatoms. The Morgan fingerprint density at radius 3 is 0.875 bits per heavy atom. The van der Waals surface area contributed by atoms with Crippen molar-refractivity contribution >= 4 is 71.7 Å². The average molecular weight is 510 g/mol. The molecular formula is H9BiNbO4SrTi. The Morgan fingerprint density at radius 2 is 0.875 bits per heavy atom. The van der Waals surface area contributed by atoms with E-state index in [4.69, 9.17) is 14.8 Å². The quantitative estimate of drug-likeness (QED) is 0.249. The van der Waals surface area contributed by atoms with Crippen LogP contribution in [0.4, 0.5) is 0 Å². The summed E-state index contributed by atoms with van der Waals surface area (Å²) < 4.78 is 29.5. The second kappa shape index (κ2) is 10.7. The molecule has 0 aromatic rings. The fourth-order valence-corrected chi connectivity index (χ4v) is 0. The molecule has 8 heavy (non-hydrogen) atoms. The van der Waals surface area contributed by atoms with Gasteiger partial charge in [0.15, 0.2) is 0 Å². The van der Waals surface area contributed by atoms with Crippen LogP contribution < -0.4 is 0 Å². The van der Waals surface area contributed by atoms with Crippen molar-refractivity contribution in [2.75, 3.05) is 0 Å². The van der Waals surface area contributed by atoms with Gasteiger partial charge in [-0.1, -0.05) is 0 Å². The molecule has 0 aliphatic rings. The minimum absolute atomic E-state index is 0. The molecule has 0 spiro atoms. The van der Waals surface area contributed by atoms with Crippen LogP contribution in [0.3, 0.4) is 0 Å². The first-order valence-corrected chi connectivity index (χ1v) is 3.69. The fraction of sp³-hybridized carbons (Fsp3) is 0. The molecule has 0 heterocycles. The van der Waals surface area contributed by atoms with E-state index < -0.39 is 18.1 Å². The van der Waals surface area contributed by atoms with E-state index in [-0.39, 0.29) is 94.1 Å². The van der Waals surface area contributed by atoms with Crippen LogP contribution in [0.1, 0.15) is 0 Å². The van der Waals surface area contributed by atoms with Crippen LogP contribution in [0.5, 0.6) is 0 Å². The summed E-state index contributed by atoms with van der Waals surface area (Å²) in [7, 11) is 0. The zero-order valence-electron chi connectivity index (χ0n) is 3.44. The molecule has 0 aromatic carbocycles. The van der Waals surface area contributed by atoms with Crippen molar-refractivity contribution in [2.45, 2.75) is 0 Å². The van der Waals surface area contributed by atoms with Crippen molar-refractivity contribution in [3.05, 3.63) is 0 Å². The van der Waals surface area contributed by atoms with Crippen molar-refractivity contribution in [3.63, 3.8) is 0 Å². The first kappa shape index (κ1) is 22.6. The van der Waals surface area contributed by atoms with Gasteiger partial charge in [-0.2, -0.15) is 0 Å². The molecule has 0 amide bonds.